The van der Waals surface area contributed by atoms with Gasteiger partial charge in [0, 0.05) is 15.4 Å². The second-order valence-electron chi connectivity index (χ2n) is 3.45. The summed E-state index contributed by atoms with van der Waals surface area (Å²) in [6.07, 6.45) is 0.378. The fourth-order valence-electron chi connectivity index (χ4n) is 0.866. The lowest BCUT2D eigenvalue weighted by atomic mass is 10.4. The van der Waals surface area contributed by atoms with E-state index in [4.69, 9.17) is 14.9 Å². The maximum Gasteiger partial charge on any atom is 0.100 e. The highest BCUT2D eigenvalue weighted by molar-refractivity contribution is 6.55. The van der Waals surface area contributed by atoms with Crippen molar-refractivity contribution in [1.82, 2.24) is 0 Å². The molecule has 0 heterocycles. The molecule has 2 N–H and O–H groups in total. The van der Waals surface area contributed by atoms with Crippen LogP contribution in [0.2, 0.25) is 19.1 Å². The van der Waals surface area contributed by atoms with Crippen molar-refractivity contribution in [1.29, 1.82) is 0 Å². The Kier molecular flexibility index (Phi) is 7.79. The standard InChI is InChI=1S/C8H20O3Si/c1-12(2)5-3-4-11-7-8(10)6-9/h8-10,12H,3-7H2,1-2H3. The average Bonchev–Trinajstić information content (AvgIpc) is 2.03. The fourth-order valence-corrected chi connectivity index (χ4v) is 1.85. The topological polar surface area (TPSA) is 49.7 Å². The molecule has 74 valence electrons. The molecule has 0 aliphatic heterocycles. The highest BCUT2D eigenvalue weighted by Gasteiger charge is 2.01. The van der Waals surface area contributed by atoms with E-state index in [0.29, 0.717) is 6.61 Å². The highest BCUT2D eigenvalue weighted by atomic mass is 28.3. The summed E-state index contributed by atoms with van der Waals surface area (Å²) in [5.41, 5.74) is 0. The molecule has 0 amide bonds. The van der Waals surface area contributed by atoms with Gasteiger partial charge in [0.05, 0.1) is 13.2 Å². The number of hydrogen-bond donors (Lipinski definition) is 2. The SMILES string of the molecule is C[SiH](C)CCCOCC(O)CO. The van der Waals surface area contributed by atoms with E-state index >= 15 is 0 Å². The molecule has 3 nitrogen and oxygen atoms in total. The minimum Gasteiger partial charge on any atom is -0.394 e. The van der Waals surface area contributed by atoms with Gasteiger partial charge >= 0.3 is 0 Å². The molecular weight excluding hydrogens is 172 g/mol. The summed E-state index contributed by atoms with van der Waals surface area (Å²) in [6, 6.07) is 1.29. The number of aliphatic hydroxyl groups excluding tert-OH is 2. The van der Waals surface area contributed by atoms with Crippen molar-refractivity contribution in [2.45, 2.75) is 31.7 Å². The van der Waals surface area contributed by atoms with Crippen LogP contribution in [0.25, 0.3) is 0 Å². The average molecular weight is 192 g/mol. The van der Waals surface area contributed by atoms with Crippen LogP contribution in [0.1, 0.15) is 6.42 Å². The number of rotatable bonds is 7. The molecule has 0 aliphatic carbocycles. The number of ether oxygens (including phenoxy) is 1. The van der Waals surface area contributed by atoms with Crippen LogP contribution in [-0.4, -0.2) is 44.9 Å². The van der Waals surface area contributed by atoms with E-state index in [1.807, 2.05) is 0 Å². The lowest BCUT2D eigenvalue weighted by Gasteiger charge is -2.08. The third-order valence-electron chi connectivity index (χ3n) is 1.59. The first-order valence-corrected chi connectivity index (χ1v) is 7.66. The van der Waals surface area contributed by atoms with Crippen molar-refractivity contribution in [3.05, 3.63) is 0 Å². The van der Waals surface area contributed by atoms with Gasteiger partial charge in [-0.3, -0.25) is 0 Å². The maximum absolute atomic E-state index is 8.90. The van der Waals surface area contributed by atoms with Gasteiger partial charge in [0.1, 0.15) is 6.10 Å². The van der Waals surface area contributed by atoms with Gasteiger partial charge in [-0.25, -0.2) is 0 Å². The monoisotopic (exact) mass is 192 g/mol. The van der Waals surface area contributed by atoms with Crippen LogP contribution in [0.15, 0.2) is 0 Å². The first-order valence-electron chi connectivity index (χ1n) is 4.53. The predicted molar refractivity (Wildman–Crippen MR) is 52.2 cm³/mol. The van der Waals surface area contributed by atoms with Crippen LogP contribution < -0.4 is 0 Å². The normalized spacial score (nSPS) is 13.8. The van der Waals surface area contributed by atoms with Gasteiger partial charge in [-0.15, -0.1) is 0 Å². The fraction of sp³-hybridized carbons (Fsp3) is 1.00. The smallest absolute Gasteiger partial charge is 0.100 e. The molecule has 0 rings (SSSR count). The van der Waals surface area contributed by atoms with Gasteiger partial charge in [0.2, 0.25) is 0 Å². The molecule has 0 aromatic heterocycles. The summed E-state index contributed by atoms with van der Waals surface area (Å²) >= 11 is 0. The molecule has 0 bridgehead atoms. The molecule has 0 radical (unpaired) electrons. The van der Waals surface area contributed by atoms with Crippen LogP contribution in [0.3, 0.4) is 0 Å². The van der Waals surface area contributed by atoms with E-state index in [1.54, 1.807) is 0 Å². The predicted octanol–water partition coefficient (Wildman–Crippen LogP) is 0.233. The molecule has 0 aliphatic rings. The summed E-state index contributed by atoms with van der Waals surface area (Å²) in [5, 5.41) is 17.4. The Hall–Kier alpha value is 0.0969. The third-order valence-corrected chi connectivity index (χ3v) is 3.15. The van der Waals surface area contributed by atoms with Crippen LogP contribution >= 0.6 is 0 Å². The molecule has 1 unspecified atom stereocenters. The Balaban J connectivity index is 3.00. The minimum atomic E-state index is -0.707. The van der Waals surface area contributed by atoms with Gasteiger partial charge in [-0.2, -0.15) is 0 Å². The van der Waals surface area contributed by atoms with E-state index in [0.717, 1.165) is 6.42 Å². The first-order chi connectivity index (χ1) is 5.66. The van der Waals surface area contributed by atoms with E-state index in [2.05, 4.69) is 13.1 Å². The van der Waals surface area contributed by atoms with Crippen LogP contribution in [-0.2, 0) is 4.74 Å². The summed E-state index contributed by atoms with van der Waals surface area (Å²) < 4.78 is 5.15. The number of aliphatic hydroxyl groups is 2. The minimum absolute atomic E-state index is 0.209. The Bertz CT molecular complexity index is 98.3. The maximum atomic E-state index is 8.90. The molecule has 0 saturated carbocycles. The molecular formula is C8H20O3Si. The Morgan fingerprint density at radius 3 is 2.58 bits per heavy atom. The van der Waals surface area contributed by atoms with E-state index in [9.17, 15) is 0 Å². The van der Waals surface area contributed by atoms with Crippen LogP contribution in [0, 0.1) is 0 Å². The largest absolute Gasteiger partial charge is 0.394 e. The Morgan fingerprint density at radius 2 is 2.08 bits per heavy atom. The van der Waals surface area contributed by atoms with Crippen molar-refractivity contribution in [2.24, 2.45) is 0 Å². The van der Waals surface area contributed by atoms with Crippen molar-refractivity contribution < 1.29 is 14.9 Å². The molecule has 0 saturated heterocycles. The Labute approximate surface area is 76.0 Å². The lowest BCUT2D eigenvalue weighted by molar-refractivity contribution is 0.00651. The van der Waals surface area contributed by atoms with Gasteiger partial charge in [0.15, 0.2) is 0 Å². The highest BCUT2D eigenvalue weighted by Crippen LogP contribution is 1.97. The molecule has 12 heavy (non-hydrogen) atoms. The molecule has 0 aromatic rings. The van der Waals surface area contributed by atoms with E-state index in [1.165, 1.54) is 6.04 Å². The summed E-state index contributed by atoms with van der Waals surface area (Å²) in [7, 11) is -0.437. The second-order valence-corrected chi connectivity index (χ2v) is 6.81. The van der Waals surface area contributed by atoms with Gasteiger partial charge in [-0.05, 0) is 6.42 Å². The number of hydrogen-bond acceptors (Lipinski definition) is 3. The first kappa shape index (κ1) is 12.1. The molecule has 0 fully saturated rings. The van der Waals surface area contributed by atoms with Crippen molar-refractivity contribution in [3.63, 3.8) is 0 Å². The van der Waals surface area contributed by atoms with E-state index in [-0.39, 0.29) is 13.2 Å². The third kappa shape index (κ3) is 8.20. The summed E-state index contributed by atoms with van der Waals surface area (Å²) in [6.45, 7) is 5.38. The Morgan fingerprint density at radius 1 is 1.42 bits per heavy atom. The van der Waals surface area contributed by atoms with Gasteiger partial charge in [0.25, 0.3) is 0 Å². The molecule has 1 atom stereocenters. The van der Waals surface area contributed by atoms with Gasteiger partial charge in [-0.1, -0.05) is 19.1 Å². The zero-order chi connectivity index (χ0) is 9.40. The molecule has 0 aromatic carbocycles. The molecule has 0 spiro atoms. The summed E-state index contributed by atoms with van der Waals surface area (Å²) in [4.78, 5) is 0. The van der Waals surface area contributed by atoms with Gasteiger partial charge < -0.3 is 14.9 Å². The van der Waals surface area contributed by atoms with Crippen molar-refractivity contribution in [2.75, 3.05) is 19.8 Å². The summed E-state index contributed by atoms with van der Waals surface area (Å²) in [5.74, 6) is 0. The van der Waals surface area contributed by atoms with Crippen LogP contribution in [0.4, 0.5) is 0 Å². The molecule has 4 heteroatoms. The van der Waals surface area contributed by atoms with Crippen LogP contribution in [0.5, 0.6) is 0 Å². The second kappa shape index (κ2) is 7.73. The van der Waals surface area contributed by atoms with Crippen molar-refractivity contribution in [3.8, 4) is 0 Å². The zero-order valence-electron chi connectivity index (χ0n) is 7.99. The quantitative estimate of drug-likeness (QED) is 0.448. The zero-order valence-corrected chi connectivity index (χ0v) is 9.15. The van der Waals surface area contributed by atoms with E-state index < -0.39 is 14.9 Å². The lowest BCUT2D eigenvalue weighted by Crippen LogP contribution is -2.19. The van der Waals surface area contributed by atoms with Crippen molar-refractivity contribution >= 4 is 8.80 Å².